The number of rotatable bonds is 3. The van der Waals surface area contributed by atoms with Crippen molar-refractivity contribution in [2.45, 2.75) is 58.0 Å². The van der Waals surface area contributed by atoms with Gasteiger partial charge in [0.1, 0.15) is 0 Å². The van der Waals surface area contributed by atoms with Crippen molar-refractivity contribution in [3.8, 4) is 0 Å². The van der Waals surface area contributed by atoms with Gasteiger partial charge in [0.05, 0.1) is 0 Å². The van der Waals surface area contributed by atoms with E-state index >= 15 is 0 Å². The summed E-state index contributed by atoms with van der Waals surface area (Å²) in [5.41, 5.74) is 2.51. The molecule has 1 aromatic rings. The molecule has 0 aromatic carbocycles. The highest BCUT2D eigenvalue weighted by Gasteiger charge is 2.22. The Labute approximate surface area is 105 Å². The summed E-state index contributed by atoms with van der Waals surface area (Å²) in [6, 6.07) is 5.63. The zero-order valence-electron chi connectivity index (χ0n) is 11.3. The first-order valence-electron chi connectivity index (χ1n) is 6.83. The Morgan fingerprint density at radius 2 is 2.00 bits per heavy atom. The molecule has 1 aromatic heterocycles. The first-order chi connectivity index (χ1) is 8.18. The summed E-state index contributed by atoms with van der Waals surface area (Å²) in [6.07, 6.45) is 8.88. The highest BCUT2D eigenvalue weighted by molar-refractivity contribution is 5.19. The quantitative estimate of drug-likeness (QED) is 0.789. The highest BCUT2D eigenvalue weighted by atomic mass is 15.2. The normalized spacial score (nSPS) is 19.5. The average Bonchev–Trinajstić information content (AvgIpc) is 2.38. The lowest BCUT2D eigenvalue weighted by atomic mass is 9.93. The summed E-state index contributed by atoms with van der Waals surface area (Å²) in [6.45, 7) is 4.38. The Hall–Kier alpha value is -0.890. The summed E-state index contributed by atoms with van der Waals surface area (Å²) < 4.78 is 0. The molecular weight excluding hydrogens is 208 g/mol. The van der Waals surface area contributed by atoms with E-state index in [-0.39, 0.29) is 0 Å². The molecule has 0 radical (unpaired) electrons. The zero-order valence-corrected chi connectivity index (χ0v) is 11.3. The molecule has 1 heterocycles. The predicted octanol–water partition coefficient (Wildman–Crippen LogP) is 3.72. The van der Waals surface area contributed by atoms with Crippen molar-refractivity contribution in [3.63, 3.8) is 0 Å². The Balaban J connectivity index is 2.05. The Morgan fingerprint density at radius 3 is 2.65 bits per heavy atom. The molecule has 0 aliphatic heterocycles. The van der Waals surface area contributed by atoms with Crippen LogP contribution in [0.15, 0.2) is 18.3 Å². The number of aromatic nitrogens is 1. The topological polar surface area (TPSA) is 16.1 Å². The van der Waals surface area contributed by atoms with Crippen LogP contribution in [0.5, 0.6) is 0 Å². The van der Waals surface area contributed by atoms with Crippen molar-refractivity contribution in [1.29, 1.82) is 0 Å². The Morgan fingerprint density at radius 1 is 1.29 bits per heavy atom. The van der Waals surface area contributed by atoms with Crippen molar-refractivity contribution in [1.82, 2.24) is 9.88 Å². The van der Waals surface area contributed by atoms with Crippen molar-refractivity contribution in [2.75, 3.05) is 7.05 Å². The summed E-state index contributed by atoms with van der Waals surface area (Å²) in [5.74, 6) is 0. The third-order valence-corrected chi connectivity index (χ3v) is 4.16. The number of hydrogen-bond acceptors (Lipinski definition) is 2. The van der Waals surface area contributed by atoms with Crippen molar-refractivity contribution < 1.29 is 0 Å². The maximum absolute atomic E-state index is 4.28. The summed E-state index contributed by atoms with van der Waals surface area (Å²) >= 11 is 0. The van der Waals surface area contributed by atoms with Gasteiger partial charge in [0, 0.05) is 24.0 Å². The number of aryl methyl sites for hydroxylation is 1. The molecule has 0 bridgehead atoms. The fourth-order valence-corrected chi connectivity index (χ4v) is 2.87. The molecular formula is C15H24N2. The molecule has 0 amide bonds. The van der Waals surface area contributed by atoms with Gasteiger partial charge < -0.3 is 0 Å². The molecule has 1 atom stereocenters. The minimum Gasteiger partial charge on any atom is -0.297 e. The van der Waals surface area contributed by atoms with Gasteiger partial charge in [-0.1, -0.05) is 19.3 Å². The Bertz CT molecular complexity index is 356. The third-order valence-electron chi connectivity index (χ3n) is 4.16. The maximum atomic E-state index is 4.28. The van der Waals surface area contributed by atoms with Crippen LogP contribution >= 0.6 is 0 Å². The van der Waals surface area contributed by atoms with E-state index in [1.54, 1.807) is 0 Å². The molecule has 0 saturated heterocycles. The summed E-state index contributed by atoms with van der Waals surface area (Å²) in [4.78, 5) is 6.83. The van der Waals surface area contributed by atoms with Gasteiger partial charge in [-0.2, -0.15) is 0 Å². The molecule has 94 valence electrons. The number of pyridine rings is 1. The standard InChI is InChI=1S/C15H24N2/c1-12-11-14(9-10-16-12)13(2)17(3)15-7-5-4-6-8-15/h9-11,13,15H,4-8H2,1-3H3. The molecule has 1 saturated carbocycles. The lowest BCUT2D eigenvalue weighted by Gasteiger charge is -2.35. The lowest BCUT2D eigenvalue weighted by Crippen LogP contribution is -2.35. The van der Waals surface area contributed by atoms with Crippen LogP contribution in [0.1, 0.15) is 56.3 Å². The van der Waals surface area contributed by atoms with E-state index in [1.807, 2.05) is 6.20 Å². The fraction of sp³-hybridized carbons (Fsp3) is 0.667. The molecule has 1 unspecified atom stereocenters. The van der Waals surface area contributed by atoms with Gasteiger partial charge >= 0.3 is 0 Å². The molecule has 0 N–H and O–H groups in total. The van der Waals surface area contributed by atoms with E-state index in [0.29, 0.717) is 6.04 Å². The van der Waals surface area contributed by atoms with Gasteiger partial charge in [0.25, 0.3) is 0 Å². The van der Waals surface area contributed by atoms with Gasteiger partial charge in [-0.05, 0) is 51.4 Å². The van der Waals surface area contributed by atoms with E-state index in [0.717, 1.165) is 11.7 Å². The SMILES string of the molecule is Cc1cc(C(C)N(C)C2CCCCC2)ccn1. The van der Waals surface area contributed by atoms with E-state index < -0.39 is 0 Å². The second-order valence-corrected chi connectivity index (χ2v) is 5.36. The second-order valence-electron chi connectivity index (χ2n) is 5.36. The lowest BCUT2D eigenvalue weighted by molar-refractivity contribution is 0.146. The van der Waals surface area contributed by atoms with E-state index in [1.165, 1.54) is 37.7 Å². The van der Waals surface area contributed by atoms with Crippen LogP contribution in [0, 0.1) is 6.92 Å². The largest absolute Gasteiger partial charge is 0.297 e. The number of nitrogens with zero attached hydrogens (tertiary/aromatic N) is 2. The van der Waals surface area contributed by atoms with Crippen LogP contribution in [-0.4, -0.2) is 23.0 Å². The molecule has 1 fully saturated rings. The van der Waals surface area contributed by atoms with Gasteiger partial charge in [-0.25, -0.2) is 0 Å². The minimum absolute atomic E-state index is 0.500. The zero-order chi connectivity index (χ0) is 12.3. The first-order valence-corrected chi connectivity index (χ1v) is 6.83. The van der Waals surface area contributed by atoms with Crippen molar-refractivity contribution in [2.24, 2.45) is 0 Å². The molecule has 1 aliphatic rings. The molecule has 17 heavy (non-hydrogen) atoms. The van der Waals surface area contributed by atoms with E-state index in [2.05, 4.69) is 42.9 Å². The highest BCUT2D eigenvalue weighted by Crippen LogP contribution is 2.28. The van der Waals surface area contributed by atoms with Crippen LogP contribution < -0.4 is 0 Å². The fourth-order valence-electron chi connectivity index (χ4n) is 2.87. The second kappa shape index (κ2) is 5.63. The van der Waals surface area contributed by atoms with Gasteiger partial charge in [-0.15, -0.1) is 0 Å². The molecule has 2 rings (SSSR count). The van der Waals surface area contributed by atoms with Gasteiger partial charge in [0.2, 0.25) is 0 Å². The number of hydrogen-bond donors (Lipinski definition) is 0. The smallest absolute Gasteiger partial charge is 0.0375 e. The van der Waals surface area contributed by atoms with Crippen LogP contribution in [-0.2, 0) is 0 Å². The molecule has 0 spiro atoms. The van der Waals surface area contributed by atoms with Crippen molar-refractivity contribution >= 4 is 0 Å². The molecule has 2 nitrogen and oxygen atoms in total. The van der Waals surface area contributed by atoms with Crippen molar-refractivity contribution in [3.05, 3.63) is 29.6 Å². The van der Waals surface area contributed by atoms with Crippen LogP contribution in [0.4, 0.5) is 0 Å². The summed E-state index contributed by atoms with van der Waals surface area (Å²) in [5, 5.41) is 0. The van der Waals surface area contributed by atoms with E-state index in [4.69, 9.17) is 0 Å². The summed E-state index contributed by atoms with van der Waals surface area (Å²) in [7, 11) is 2.27. The molecule has 1 aliphatic carbocycles. The minimum atomic E-state index is 0.500. The van der Waals surface area contributed by atoms with E-state index in [9.17, 15) is 0 Å². The first kappa shape index (κ1) is 12.6. The molecule has 2 heteroatoms. The maximum Gasteiger partial charge on any atom is 0.0375 e. The third kappa shape index (κ3) is 3.06. The predicted molar refractivity (Wildman–Crippen MR) is 72.0 cm³/mol. The monoisotopic (exact) mass is 232 g/mol. The van der Waals surface area contributed by atoms with Crippen LogP contribution in [0.25, 0.3) is 0 Å². The average molecular weight is 232 g/mol. The van der Waals surface area contributed by atoms with Gasteiger partial charge in [0.15, 0.2) is 0 Å². The van der Waals surface area contributed by atoms with Crippen LogP contribution in [0.3, 0.4) is 0 Å². The van der Waals surface area contributed by atoms with Crippen LogP contribution in [0.2, 0.25) is 0 Å². The Kier molecular flexibility index (Phi) is 4.16. The van der Waals surface area contributed by atoms with Gasteiger partial charge in [-0.3, -0.25) is 9.88 Å².